The molecule has 4 N–H and O–H groups in total. The second-order valence-corrected chi connectivity index (χ2v) is 3.52. The van der Waals surface area contributed by atoms with Gasteiger partial charge >= 0.3 is 0 Å². The summed E-state index contributed by atoms with van der Waals surface area (Å²) in [4.78, 5) is 10.1. The third-order valence-electron chi connectivity index (χ3n) is 2.25. The fourth-order valence-corrected chi connectivity index (χ4v) is 1.26. The summed E-state index contributed by atoms with van der Waals surface area (Å²) in [5, 5.41) is 17.7. The van der Waals surface area contributed by atoms with Crippen molar-refractivity contribution in [2.45, 2.75) is 6.54 Å². The number of hydrogen-bond donors (Lipinski definition) is 3. The van der Waals surface area contributed by atoms with Crippen LogP contribution in [0.1, 0.15) is 15.9 Å². The van der Waals surface area contributed by atoms with E-state index in [2.05, 4.69) is 0 Å². The predicted octanol–water partition coefficient (Wildman–Crippen LogP) is 2.06. The number of carbonyl (C=O) groups is 1. The molecule has 0 aliphatic rings. The number of nitrogens with two attached hydrogens (primary N) is 1. The summed E-state index contributed by atoms with van der Waals surface area (Å²) in [5.74, 6) is -0.637. The lowest BCUT2D eigenvalue weighted by atomic mass is 10.2. The van der Waals surface area contributed by atoms with E-state index in [1.807, 2.05) is 30.3 Å². The van der Waals surface area contributed by atoms with E-state index in [0.29, 0.717) is 12.8 Å². The van der Waals surface area contributed by atoms with Crippen molar-refractivity contribution in [3.63, 3.8) is 0 Å². The van der Waals surface area contributed by atoms with Gasteiger partial charge in [-0.05, 0) is 17.7 Å². The molecule has 0 saturated heterocycles. The molecule has 0 radical (unpaired) electrons. The van der Waals surface area contributed by atoms with Gasteiger partial charge in [-0.15, -0.1) is 0 Å². The van der Waals surface area contributed by atoms with Crippen molar-refractivity contribution in [3.05, 3.63) is 59.7 Å². The number of phenols is 2. The second kappa shape index (κ2) is 7.09. The Hall–Kier alpha value is -2.33. The minimum Gasteiger partial charge on any atom is -0.504 e. The lowest BCUT2D eigenvalue weighted by molar-refractivity contribution is 0.112. The van der Waals surface area contributed by atoms with Crippen LogP contribution in [0.15, 0.2) is 48.5 Å². The Labute approximate surface area is 105 Å². The maximum Gasteiger partial charge on any atom is 0.168 e. The molecular formula is C14H15NO3. The molecule has 0 aliphatic heterocycles. The Morgan fingerprint density at radius 3 is 2.11 bits per heavy atom. The van der Waals surface area contributed by atoms with Crippen molar-refractivity contribution in [1.29, 1.82) is 0 Å². The Balaban J connectivity index is 0.000000184. The summed E-state index contributed by atoms with van der Waals surface area (Å²) in [6.45, 7) is 0.640. The van der Waals surface area contributed by atoms with E-state index in [1.165, 1.54) is 23.8 Å². The SMILES string of the molecule is NCc1ccccc1.O=Cc1cccc(O)c1O. The fraction of sp³-hybridized carbons (Fsp3) is 0.0714. The molecule has 0 amide bonds. The van der Waals surface area contributed by atoms with Gasteiger partial charge in [0.05, 0.1) is 5.56 Å². The normalized spacial score (nSPS) is 9.17. The van der Waals surface area contributed by atoms with Crippen LogP contribution in [-0.2, 0) is 6.54 Å². The number of carbonyl (C=O) groups excluding carboxylic acids is 1. The summed E-state index contributed by atoms with van der Waals surface area (Å²) in [7, 11) is 0. The van der Waals surface area contributed by atoms with E-state index in [1.54, 1.807) is 0 Å². The molecule has 2 aromatic carbocycles. The highest BCUT2D eigenvalue weighted by Crippen LogP contribution is 2.26. The maximum atomic E-state index is 10.1. The van der Waals surface area contributed by atoms with Crippen molar-refractivity contribution in [3.8, 4) is 11.5 Å². The van der Waals surface area contributed by atoms with E-state index in [9.17, 15) is 4.79 Å². The van der Waals surface area contributed by atoms with Gasteiger partial charge in [0.25, 0.3) is 0 Å². The zero-order valence-corrected chi connectivity index (χ0v) is 9.78. The van der Waals surface area contributed by atoms with Crippen LogP contribution in [0, 0.1) is 0 Å². The van der Waals surface area contributed by atoms with Crippen LogP contribution in [0.4, 0.5) is 0 Å². The third kappa shape index (κ3) is 3.92. The quantitative estimate of drug-likeness (QED) is 0.558. The highest BCUT2D eigenvalue weighted by atomic mass is 16.3. The van der Waals surface area contributed by atoms with Crippen molar-refractivity contribution < 1.29 is 15.0 Å². The number of para-hydroxylation sites is 1. The largest absolute Gasteiger partial charge is 0.504 e. The van der Waals surface area contributed by atoms with Gasteiger partial charge in [0.2, 0.25) is 0 Å². The highest BCUT2D eigenvalue weighted by Gasteiger charge is 2.02. The van der Waals surface area contributed by atoms with Crippen molar-refractivity contribution in [2.24, 2.45) is 5.73 Å². The first kappa shape index (κ1) is 13.7. The van der Waals surface area contributed by atoms with Crippen LogP contribution in [0.5, 0.6) is 11.5 Å². The molecule has 18 heavy (non-hydrogen) atoms. The lowest BCUT2D eigenvalue weighted by Gasteiger charge is -1.97. The maximum absolute atomic E-state index is 10.1. The summed E-state index contributed by atoms with van der Waals surface area (Å²) < 4.78 is 0. The van der Waals surface area contributed by atoms with Crippen LogP contribution in [0.25, 0.3) is 0 Å². The van der Waals surface area contributed by atoms with Gasteiger partial charge in [0.1, 0.15) is 0 Å². The molecular weight excluding hydrogens is 230 g/mol. The molecule has 4 heteroatoms. The molecule has 0 aliphatic carbocycles. The number of benzene rings is 2. The molecule has 94 valence electrons. The van der Waals surface area contributed by atoms with Gasteiger partial charge < -0.3 is 15.9 Å². The first-order chi connectivity index (χ1) is 8.69. The minimum atomic E-state index is -0.363. The van der Waals surface area contributed by atoms with E-state index in [0.717, 1.165) is 0 Å². The average Bonchev–Trinajstić information content (AvgIpc) is 2.43. The Kier molecular flexibility index (Phi) is 5.41. The van der Waals surface area contributed by atoms with Crippen LogP contribution < -0.4 is 5.73 Å². The van der Waals surface area contributed by atoms with Gasteiger partial charge in [-0.3, -0.25) is 4.79 Å². The number of hydrogen-bond acceptors (Lipinski definition) is 4. The topological polar surface area (TPSA) is 83.6 Å². The number of aromatic hydroxyl groups is 2. The molecule has 0 heterocycles. The molecule has 0 fully saturated rings. The molecule has 0 saturated carbocycles. The molecule has 2 rings (SSSR count). The van der Waals surface area contributed by atoms with E-state index >= 15 is 0 Å². The number of rotatable bonds is 2. The van der Waals surface area contributed by atoms with Crippen molar-refractivity contribution in [1.82, 2.24) is 0 Å². The van der Waals surface area contributed by atoms with Crippen LogP contribution in [-0.4, -0.2) is 16.5 Å². The van der Waals surface area contributed by atoms with Crippen molar-refractivity contribution >= 4 is 6.29 Å². The summed E-state index contributed by atoms with van der Waals surface area (Å²) in [5.41, 5.74) is 6.63. The summed E-state index contributed by atoms with van der Waals surface area (Å²) >= 11 is 0. The van der Waals surface area contributed by atoms with E-state index in [4.69, 9.17) is 15.9 Å². The zero-order valence-electron chi connectivity index (χ0n) is 9.78. The average molecular weight is 245 g/mol. The molecule has 0 aromatic heterocycles. The molecule has 0 bridgehead atoms. The Morgan fingerprint density at radius 2 is 1.67 bits per heavy atom. The molecule has 0 spiro atoms. The highest BCUT2D eigenvalue weighted by molar-refractivity contribution is 5.80. The predicted molar refractivity (Wildman–Crippen MR) is 69.5 cm³/mol. The smallest absolute Gasteiger partial charge is 0.168 e. The summed E-state index contributed by atoms with van der Waals surface area (Å²) in [6.07, 6.45) is 0.481. The van der Waals surface area contributed by atoms with E-state index < -0.39 is 0 Å². The van der Waals surface area contributed by atoms with Crippen LogP contribution in [0.2, 0.25) is 0 Å². The van der Waals surface area contributed by atoms with Crippen LogP contribution >= 0.6 is 0 Å². The summed E-state index contributed by atoms with van der Waals surface area (Å²) in [6, 6.07) is 14.2. The Bertz CT molecular complexity index is 498. The fourth-order valence-electron chi connectivity index (χ4n) is 1.26. The van der Waals surface area contributed by atoms with Crippen LogP contribution in [0.3, 0.4) is 0 Å². The first-order valence-corrected chi connectivity index (χ1v) is 5.39. The molecule has 2 aromatic rings. The Morgan fingerprint density at radius 1 is 1.00 bits per heavy atom. The van der Waals surface area contributed by atoms with Gasteiger partial charge in [-0.1, -0.05) is 36.4 Å². The number of aldehydes is 1. The minimum absolute atomic E-state index is 0.0972. The lowest BCUT2D eigenvalue weighted by Crippen LogP contribution is -1.94. The molecule has 0 unspecified atom stereocenters. The van der Waals surface area contributed by atoms with E-state index in [-0.39, 0.29) is 17.1 Å². The standard InChI is InChI=1S/C7H9N.C7H6O3/c8-6-7-4-2-1-3-5-7;8-4-5-2-1-3-6(9)7(5)10/h1-5H,6,8H2;1-4,9-10H. The zero-order chi connectivity index (χ0) is 13.4. The monoisotopic (exact) mass is 245 g/mol. The van der Waals surface area contributed by atoms with Crippen molar-refractivity contribution in [2.75, 3.05) is 0 Å². The first-order valence-electron chi connectivity index (χ1n) is 5.39. The number of phenolic OH excluding ortho intramolecular Hbond substituents is 2. The molecule has 4 nitrogen and oxygen atoms in total. The third-order valence-corrected chi connectivity index (χ3v) is 2.25. The van der Waals surface area contributed by atoms with Gasteiger partial charge in [-0.2, -0.15) is 0 Å². The second-order valence-electron chi connectivity index (χ2n) is 3.52. The van der Waals surface area contributed by atoms with Gasteiger partial charge in [-0.25, -0.2) is 0 Å². The van der Waals surface area contributed by atoms with Gasteiger partial charge in [0, 0.05) is 6.54 Å². The van der Waals surface area contributed by atoms with Gasteiger partial charge in [0.15, 0.2) is 17.8 Å². The molecule has 0 atom stereocenters.